The van der Waals surface area contributed by atoms with Crippen molar-refractivity contribution in [3.63, 3.8) is 0 Å². The fraction of sp³-hybridized carbons (Fsp3) is 0.250. The summed E-state index contributed by atoms with van der Waals surface area (Å²) in [4.78, 5) is 17.0. The molecule has 1 amide bonds. The van der Waals surface area contributed by atoms with Gasteiger partial charge < -0.3 is 15.2 Å². The number of aromatic nitrogens is 1. The van der Waals surface area contributed by atoms with Crippen LogP contribution in [0.25, 0.3) is 10.9 Å². The maximum atomic E-state index is 13.2. The molecule has 2 aromatic carbocycles. The van der Waals surface area contributed by atoms with Crippen LogP contribution in [-0.2, 0) is 17.5 Å². The molecule has 27 heavy (non-hydrogen) atoms. The van der Waals surface area contributed by atoms with Crippen LogP contribution in [0.3, 0.4) is 0 Å². The molecule has 0 aliphatic carbocycles. The first-order valence-corrected chi connectivity index (χ1v) is 8.70. The van der Waals surface area contributed by atoms with Crippen LogP contribution in [0.15, 0.2) is 54.7 Å². The molecular formula is C20H18F3N3O. The Bertz CT molecular complexity index is 980. The van der Waals surface area contributed by atoms with Crippen LogP contribution in [0.1, 0.15) is 17.5 Å². The van der Waals surface area contributed by atoms with Crippen molar-refractivity contribution in [1.82, 2.24) is 10.3 Å². The molecule has 1 aliphatic rings. The number of H-pyrrole nitrogens is 1. The maximum absolute atomic E-state index is 13.2. The zero-order chi connectivity index (χ0) is 19.0. The van der Waals surface area contributed by atoms with E-state index in [4.69, 9.17) is 0 Å². The van der Waals surface area contributed by atoms with Gasteiger partial charge in [-0.25, -0.2) is 0 Å². The van der Waals surface area contributed by atoms with E-state index in [1.807, 2.05) is 30.5 Å². The van der Waals surface area contributed by atoms with Gasteiger partial charge in [0.05, 0.1) is 17.3 Å². The average Bonchev–Trinajstić information content (AvgIpc) is 3.25. The van der Waals surface area contributed by atoms with E-state index in [1.165, 1.54) is 23.1 Å². The Labute approximate surface area is 154 Å². The highest BCUT2D eigenvalue weighted by Crippen LogP contribution is 2.37. The summed E-state index contributed by atoms with van der Waals surface area (Å²) in [6, 6.07) is 12.6. The van der Waals surface area contributed by atoms with Crippen molar-refractivity contribution < 1.29 is 18.0 Å². The molecule has 0 saturated carbocycles. The molecule has 4 nitrogen and oxygen atoms in total. The zero-order valence-corrected chi connectivity index (χ0v) is 14.4. The van der Waals surface area contributed by atoms with Crippen molar-refractivity contribution in [2.45, 2.75) is 25.2 Å². The van der Waals surface area contributed by atoms with Crippen molar-refractivity contribution in [1.29, 1.82) is 0 Å². The number of halogens is 3. The second kappa shape index (κ2) is 6.74. The molecule has 140 valence electrons. The summed E-state index contributed by atoms with van der Waals surface area (Å²) in [5, 5.41) is 4.26. The summed E-state index contributed by atoms with van der Waals surface area (Å²) in [7, 11) is 0. The fourth-order valence-corrected chi connectivity index (χ4v) is 3.51. The van der Waals surface area contributed by atoms with Crippen LogP contribution < -0.4 is 10.2 Å². The first-order chi connectivity index (χ1) is 12.9. The van der Waals surface area contributed by atoms with Gasteiger partial charge in [-0.2, -0.15) is 13.2 Å². The highest BCUT2D eigenvalue weighted by molar-refractivity contribution is 6.00. The van der Waals surface area contributed by atoms with Gasteiger partial charge in [-0.3, -0.25) is 4.79 Å². The number of aromatic amines is 1. The number of carbonyl (C=O) groups is 1. The third kappa shape index (κ3) is 3.42. The van der Waals surface area contributed by atoms with Crippen LogP contribution in [0.4, 0.5) is 18.9 Å². The van der Waals surface area contributed by atoms with Crippen molar-refractivity contribution in [3.05, 3.63) is 65.9 Å². The number of para-hydroxylation sites is 1. The second-order valence-corrected chi connectivity index (χ2v) is 6.63. The Morgan fingerprint density at radius 1 is 1.15 bits per heavy atom. The number of hydrogen-bond donors (Lipinski definition) is 2. The topological polar surface area (TPSA) is 48.1 Å². The summed E-state index contributed by atoms with van der Waals surface area (Å²) >= 11 is 0. The minimum absolute atomic E-state index is 0.0759. The van der Waals surface area contributed by atoms with Gasteiger partial charge in [-0.05, 0) is 47.7 Å². The van der Waals surface area contributed by atoms with Crippen LogP contribution >= 0.6 is 0 Å². The van der Waals surface area contributed by atoms with Crippen molar-refractivity contribution in [2.75, 3.05) is 11.4 Å². The molecular weight excluding hydrogens is 355 g/mol. The molecule has 1 fully saturated rings. The molecule has 2 N–H and O–H groups in total. The predicted octanol–water partition coefficient (Wildman–Crippen LogP) is 4.08. The third-order valence-electron chi connectivity index (χ3n) is 4.88. The second-order valence-electron chi connectivity index (χ2n) is 6.63. The maximum Gasteiger partial charge on any atom is 0.418 e. The number of nitrogens with one attached hydrogen (secondary N) is 2. The van der Waals surface area contributed by atoms with Gasteiger partial charge in [0.2, 0.25) is 5.91 Å². The molecule has 0 spiro atoms. The van der Waals surface area contributed by atoms with Crippen LogP contribution in [0.5, 0.6) is 0 Å². The molecule has 1 unspecified atom stereocenters. The standard InChI is InChI=1S/C20H18F3N3O/c21-20(22,23)15-3-1-2-4-18(15)26-10-8-17(19(26)27)25-12-13-5-6-16-14(11-13)7-9-24-16/h1-7,9,11,17,24-25H,8,10,12H2. The number of amides is 1. The number of fused-ring (bicyclic) bond motifs is 1. The number of alkyl halides is 3. The summed E-state index contributed by atoms with van der Waals surface area (Å²) in [6.07, 6.45) is -2.16. The van der Waals surface area contributed by atoms with Gasteiger partial charge in [-0.15, -0.1) is 0 Å². The zero-order valence-electron chi connectivity index (χ0n) is 14.4. The lowest BCUT2D eigenvalue weighted by molar-refractivity contribution is -0.137. The van der Waals surface area contributed by atoms with Gasteiger partial charge >= 0.3 is 6.18 Å². The summed E-state index contributed by atoms with van der Waals surface area (Å²) < 4.78 is 39.7. The van der Waals surface area contributed by atoms with Crippen LogP contribution in [0, 0.1) is 0 Å². The first-order valence-electron chi connectivity index (χ1n) is 8.70. The first kappa shape index (κ1) is 17.6. The van der Waals surface area contributed by atoms with E-state index < -0.39 is 17.8 Å². The Morgan fingerprint density at radius 3 is 2.78 bits per heavy atom. The normalized spacial score (nSPS) is 17.8. The SMILES string of the molecule is O=C1C(NCc2ccc3[nH]ccc3c2)CCN1c1ccccc1C(F)(F)F. The molecule has 7 heteroatoms. The fourth-order valence-electron chi connectivity index (χ4n) is 3.51. The number of rotatable bonds is 4. The van der Waals surface area contributed by atoms with E-state index in [9.17, 15) is 18.0 Å². The van der Waals surface area contributed by atoms with Crippen LogP contribution in [0.2, 0.25) is 0 Å². The van der Waals surface area contributed by atoms with Gasteiger partial charge in [0.1, 0.15) is 0 Å². The third-order valence-corrected chi connectivity index (χ3v) is 4.88. The predicted molar refractivity (Wildman–Crippen MR) is 97.3 cm³/mol. The minimum atomic E-state index is -4.49. The Hall–Kier alpha value is -2.80. The van der Waals surface area contributed by atoms with E-state index >= 15 is 0 Å². The molecule has 4 rings (SSSR count). The Kier molecular flexibility index (Phi) is 4.39. The highest BCUT2D eigenvalue weighted by Gasteiger charge is 2.39. The van der Waals surface area contributed by atoms with Crippen molar-refractivity contribution in [3.8, 4) is 0 Å². The molecule has 3 aromatic rings. The van der Waals surface area contributed by atoms with E-state index in [0.717, 1.165) is 22.5 Å². The van der Waals surface area contributed by atoms with E-state index in [0.29, 0.717) is 13.0 Å². The van der Waals surface area contributed by atoms with Gasteiger partial charge in [0.25, 0.3) is 0 Å². The molecule has 1 saturated heterocycles. The van der Waals surface area contributed by atoms with E-state index in [2.05, 4.69) is 10.3 Å². The summed E-state index contributed by atoms with van der Waals surface area (Å²) in [6.45, 7) is 0.743. The molecule has 1 aliphatic heterocycles. The molecule has 2 heterocycles. The Balaban J connectivity index is 1.47. The van der Waals surface area contributed by atoms with Crippen LogP contribution in [-0.4, -0.2) is 23.5 Å². The van der Waals surface area contributed by atoms with Gasteiger partial charge in [0, 0.05) is 24.8 Å². The lowest BCUT2D eigenvalue weighted by Crippen LogP contribution is -2.38. The number of nitrogens with zero attached hydrogens (tertiary/aromatic N) is 1. The number of carbonyl (C=O) groups excluding carboxylic acids is 1. The molecule has 0 radical (unpaired) electrons. The quantitative estimate of drug-likeness (QED) is 0.724. The lowest BCUT2D eigenvalue weighted by atomic mass is 10.1. The highest BCUT2D eigenvalue weighted by atomic mass is 19.4. The average molecular weight is 373 g/mol. The van der Waals surface area contributed by atoms with E-state index in [-0.39, 0.29) is 18.1 Å². The van der Waals surface area contributed by atoms with E-state index in [1.54, 1.807) is 0 Å². The Morgan fingerprint density at radius 2 is 1.96 bits per heavy atom. The minimum Gasteiger partial charge on any atom is -0.361 e. The molecule has 0 bridgehead atoms. The lowest BCUT2D eigenvalue weighted by Gasteiger charge is -2.21. The van der Waals surface area contributed by atoms with Gasteiger partial charge in [-0.1, -0.05) is 18.2 Å². The largest absolute Gasteiger partial charge is 0.418 e. The molecule has 1 atom stereocenters. The molecule has 1 aromatic heterocycles. The van der Waals surface area contributed by atoms with Crippen molar-refractivity contribution >= 4 is 22.5 Å². The summed E-state index contributed by atoms with van der Waals surface area (Å²) in [5.74, 6) is -0.325. The smallest absolute Gasteiger partial charge is 0.361 e. The number of hydrogen-bond acceptors (Lipinski definition) is 2. The number of anilines is 1. The number of benzene rings is 2. The van der Waals surface area contributed by atoms with Crippen molar-refractivity contribution in [2.24, 2.45) is 0 Å². The summed E-state index contributed by atoms with van der Waals surface area (Å²) in [5.41, 5.74) is 1.19. The monoisotopic (exact) mass is 373 g/mol. The van der Waals surface area contributed by atoms with Gasteiger partial charge in [0.15, 0.2) is 0 Å².